The molecule has 0 spiro atoms. The number of fused-ring (bicyclic) bond motifs is 1. The fraction of sp³-hybridized carbons (Fsp3) is 0.190. The van der Waals surface area contributed by atoms with Gasteiger partial charge in [0.05, 0.1) is 0 Å². The average molecular weight is 377 g/mol. The first-order valence-electron chi connectivity index (χ1n) is 8.96. The molecule has 28 heavy (non-hydrogen) atoms. The smallest absolute Gasteiger partial charge is 0.257 e. The Morgan fingerprint density at radius 3 is 2.61 bits per heavy atom. The van der Waals surface area contributed by atoms with E-state index < -0.39 is 6.17 Å². The highest BCUT2D eigenvalue weighted by Crippen LogP contribution is 2.27. The Bertz CT molecular complexity index is 1130. The number of anilines is 2. The first kappa shape index (κ1) is 17.9. The number of halogens is 1. The predicted molar refractivity (Wildman–Crippen MR) is 108 cm³/mol. The van der Waals surface area contributed by atoms with Gasteiger partial charge in [-0.3, -0.25) is 14.7 Å². The van der Waals surface area contributed by atoms with E-state index >= 15 is 0 Å². The molecule has 0 aliphatic carbocycles. The Labute approximate surface area is 161 Å². The van der Waals surface area contributed by atoms with Crippen LogP contribution in [0, 0.1) is 26.6 Å². The summed E-state index contributed by atoms with van der Waals surface area (Å²) in [6.45, 7) is 5.83. The molecule has 6 nitrogen and oxygen atoms in total. The number of nitrogens with zero attached hydrogens (tertiary/aromatic N) is 3. The van der Waals surface area contributed by atoms with Crippen LogP contribution in [0.3, 0.4) is 0 Å². The first-order valence-corrected chi connectivity index (χ1v) is 8.96. The van der Waals surface area contributed by atoms with Crippen molar-refractivity contribution in [1.29, 1.82) is 0 Å². The highest BCUT2D eigenvalue weighted by molar-refractivity contribution is 6.04. The van der Waals surface area contributed by atoms with E-state index in [9.17, 15) is 9.18 Å². The molecule has 2 aromatic carbocycles. The van der Waals surface area contributed by atoms with Crippen LogP contribution in [-0.2, 0) is 0 Å². The number of hydrogen-bond donors (Lipinski definition) is 2. The van der Waals surface area contributed by atoms with Crippen molar-refractivity contribution in [2.24, 2.45) is 4.99 Å². The molecule has 142 valence electrons. The summed E-state index contributed by atoms with van der Waals surface area (Å²) in [5, 5.41) is 6.39. The second-order valence-electron chi connectivity index (χ2n) is 6.83. The maximum Gasteiger partial charge on any atom is 0.257 e. The number of benzene rings is 2. The van der Waals surface area contributed by atoms with Crippen LogP contribution in [0.15, 0.2) is 58.3 Å². The molecule has 0 radical (unpaired) electrons. The topological polar surface area (TPSA) is 71.3 Å². The lowest BCUT2D eigenvalue weighted by atomic mass is 10.1. The van der Waals surface area contributed by atoms with Crippen LogP contribution < -0.4 is 16.2 Å². The normalized spacial score (nSPS) is 15.4. The Morgan fingerprint density at radius 1 is 1.11 bits per heavy atom. The van der Waals surface area contributed by atoms with Gasteiger partial charge in [-0.25, -0.2) is 14.4 Å². The SMILES string of the molecule is Cc1cc(=O)n2c(n1)NC(Nc1cccc(C)c1C)=N[C@H]2c1ccc(F)cc1. The summed E-state index contributed by atoms with van der Waals surface area (Å²) in [4.78, 5) is 21.7. The van der Waals surface area contributed by atoms with Gasteiger partial charge in [-0.2, -0.15) is 0 Å². The molecule has 0 bridgehead atoms. The molecule has 0 unspecified atom stereocenters. The Kier molecular flexibility index (Phi) is 4.43. The van der Waals surface area contributed by atoms with Gasteiger partial charge in [0.25, 0.3) is 5.56 Å². The average Bonchev–Trinajstić information content (AvgIpc) is 2.65. The maximum absolute atomic E-state index is 13.4. The van der Waals surface area contributed by atoms with E-state index in [0.717, 1.165) is 16.8 Å². The van der Waals surface area contributed by atoms with E-state index in [-0.39, 0.29) is 11.4 Å². The Hall–Kier alpha value is -3.48. The van der Waals surface area contributed by atoms with Gasteiger partial charge in [-0.15, -0.1) is 0 Å². The molecule has 2 N–H and O–H groups in total. The molecular weight excluding hydrogens is 357 g/mol. The number of aryl methyl sites for hydroxylation is 2. The predicted octanol–water partition coefficient (Wildman–Crippen LogP) is 3.75. The van der Waals surface area contributed by atoms with Gasteiger partial charge in [-0.05, 0) is 55.7 Å². The largest absolute Gasteiger partial charge is 0.326 e. The standard InChI is InChI=1S/C21H20FN5O/c1-12-5-4-6-17(14(12)3)24-20-25-19(15-7-9-16(22)10-8-15)27-18(28)11-13(2)23-21(27)26-20/h4-11,19H,1-3H3,(H2,23,24,25,26)/t19-/m1/s1. The lowest BCUT2D eigenvalue weighted by molar-refractivity contribution is 0.573. The minimum absolute atomic E-state index is 0.223. The molecule has 2 heterocycles. The number of rotatable bonds is 2. The Balaban J connectivity index is 1.81. The van der Waals surface area contributed by atoms with Gasteiger partial charge in [0.15, 0.2) is 6.17 Å². The molecule has 1 aliphatic rings. The zero-order valence-electron chi connectivity index (χ0n) is 15.8. The highest BCUT2D eigenvalue weighted by atomic mass is 19.1. The van der Waals surface area contributed by atoms with Crippen LogP contribution in [0.2, 0.25) is 0 Å². The second kappa shape index (κ2) is 6.92. The second-order valence-corrected chi connectivity index (χ2v) is 6.83. The van der Waals surface area contributed by atoms with Crippen LogP contribution in [0.25, 0.3) is 0 Å². The number of aliphatic imine (C=N–C) groups is 1. The van der Waals surface area contributed by atoms with Crippen LogP contribution in [0.1, 0.15) is 28.6 Å². The zero-order valence-corrected chi connectivity index (χ0v) is 15.8. The van der Waals surface area contributed by atoms with Crippen LogP contribution >= 0.6 is 0 Å². The molecule has 0 fully saturated rings. The molecule has 0 amide bonds. The summed E-state index contributed by atoms with van der Waals surface area (Å²) in [6.07, 6.45) is -0.648. The third-order valence-electron chi connectivity index (χ3n) is 4.83. The van der Waals surface area contributed by atoms with Gasteiger partial charge < -0.3 is 5.32 Å². The van der Waals surface area contributed by atoms with E-state index in [1.165, 1.54) is 22.8 Å². The van der Waals surface area contributed by atoms with Gasteiger partial charge in [0.1, 0.15) is 5.82 Å². The van der Waals surface area contributed by atoms with Crippen LogP contribution in [-0.4, -0.2) is 15.5 Å². The van der Waals surface area contributed by atoms with Gasteiger partial charge in [-0.1, -0.05) is 24.3 Å². The van der Waals surface area contributed by atoms with Crippen molar-refractivity contribution >= 4 is 17.6 Å². The summed E-state index contributed by atoms with van der Waals surface area (Å²) in [5.74, 6) is 0.521. The van der Waals surface area contributed by atoms with E-state index in [0.29, 0.717) is 23.2 Å². The van der Waals surface area contributed by atoms with Crippen molar-refractivity contribution in [2.45, 2.75) is 26.9 Å². The summed E-state index contributed by atoms with van der Waals surface area (Å²) in [6, 6.07) is 13.4. The minimum Gasteiger partial charge on any atom is -0.326 e. The van der Waals surface area contributed by atoms with Crippen molar-refractivity contribution in [3.8, 4) is 0 Å². The molecule has 0 saturated heterocycles. The quantitative estimate of drug-likeness (QED) is 0.714. The van der Waals surface area contributed by atoms with Crippen molar-refractivity contribution in [3.63, 3.8) is 0 Å². The monoisotopic (exact) mass is 377 g/mol. The molecule has 1 aromatic heterocycles. The van der Waals surface area contributed by atoms with Gasteiger partial charge in [0, 0.05) is 17.4 Å². The first-order chi connectivity index (χ1) is 13.4. The van der Waals surface area contributed by atoms with Crippen LogP contribution in [0.5, 0.6) is 0 Å². The van der Waals surface area contributed by atoms with Gasteiger partial charge >= 0.3 is 0 Å². The summed E-state index contributed by atoms with van der Waals surface area (Å²) in [7, 11) is 0. The number of nitrogens with one attached hydrogen (secondary N) is 2. The minimum atomic E-state index is -0.648. The molecule has 1 aliphatic heterocycles. The van der Waals surface area contributed by atoms with Crippen molar-refractivity contribution < 1.29 is 4.39 Å². The van der Waals surface area contributed by atoms with Crippen molar-refractivity contribution in [1.82, 2.24) is 9.55 Å². The fourth-order valence-corrected chi connectivity index (χ4v) is 3.18. The lowest BCUT2D eigenvalue weighted by Gasteiger charge is -2.27. The molecular formula is C21H20FN5O. The highest BCUT2D eigenvalue weighted by Gasteiger charge is 2.25. The van der Waals surface area contributed by atoms with E-state index in [1.54, 1.807) is 19.1 Å². The molecule has 0 saturated carbocycles. The number of aromatic nitrogens is 2. The summed E-state index contributed by atoms with van der Waals surface area (Å²) >= 11 is 0. The Morgan fingerprint density at radius 2 is 1.86 bits per heavy atom. The van der Waals surface area contributed by atoms with E-state index in [4.69, 9.17) is 0 Å². The summed E-state index contributed by atoms with van der Waals surface area (Å²) in [5.41, 5.74) is 4.24. The van der Waals surface area contributed by atoms with E-state index in [2.05, 4.69) is 20.6 Å². The molecule has 4 rings (SSSR count). The zero-order chi connectivity index (χ0) is 19.8. The number of guanidine groups is 1. The van der Waals surface area contributed by atoms with Crippen molar-refractivity contribution in [3.05, 3.63) is 87.1 Å². The number of hydrogen-bond acceptors (Lipinski definition) is 5. The maximum atomic E-state index is 13.4. The van der Waals surface area contributed by atoms with E-state index in [1.807, 2.05) is 32.0 Å². The third-order valence-corrected chi connectivity index (χ3v) is 4.83. The molecule has 3 aromatic rings. The van der Waals surface area contributed by atoms with Crippen molar-refractivity contribution in [2.75, 3.05) is 10.6 Å². The van der Waals surface area contributed by atoms with Gasteiger partial charge in [0.2, 0.25) is 11.9 Å². The lowest BCUT2D eigenvalue weighted by Crippen LogP contribution is -2.37. The molecule has 7 heteroatoms. The van der Waals surface area contributed by atoms with Crippen LogP contribution in [0.4, 0.5) is 16.0 Å². The molecule has 1 atom stereocenters. The fourth-order valence-electron chi connectivity index (χ4n) is 3.18. The third kappa shape index (κ3) is 3.26. The summed E-state index contributed by atoms with van der Waals surface area (Å²) < 4.78 is 14.9.